The predicted octanol–water partition coefficient (Wildman–Crippen LogP) is 3.88. The number of hydrogen-bond donors (Lipinski definition) is 2. The first-order valence-corrected chi connectivity index (χ1v) is 9.47. The highest BCUT2D eigenvalue weighted by Crippen LogP contribution is 2.18. The third-order valence-electron chi connectivity index (χ3n) is 4.14. The molecule has 1 aromatic carbocycles. The Morgan fingerprint density at radius 3 is 3.00 bits per heavy atom. The summed E-state index contributed by atoms with van der Waals surface area (Å²) in [5, 5.41) is 7.19. The standard InChI is InChI=1S/C19H31N3OS/c1-15(2)23-18-9-4-8-17(13-18)21-19(24)20-10-6-12-22-11-5-7-16(3)14-22/h4,8-9,13,15-16H,5-7,10-12,14H2,1-3H3,(H2,20,21,24). The minimum Gasteiger partial charge on any atom is -0.491 e. The van der Waals surface area contributed by atoms with Crippen molar-refractivity contribution in [1.82, 2.24) is 10.2 Å². The number of nitrogens with zero attached hydrogens (tertiary/aromatic N) is 1. The van der Waals surface area contributed by atoms with Crippen molar-refractivity contribution in [2.24, 2.45) is 5.92 Å². The van der Waals surface area contributed by atoms with Gasteiger partial charge in [-0.3, -0.25) is 0 Å². The summed E-state index contributed by atoms with van der Waals surface area (Å²) in [6.07, 6.45) is 4.00. The van der Waals surface area contributed by atoms with E-state index in [-0.39, 0.29) is 6.10 Å². The van der Waals surface area contributed by atoms with Gasteiger partial charge in [0.1, 0.15) is 5.75 Å². The minimum atomic E-state index is 0.169. The molecule has 1 fully saturated rings. The monoisotopic (exact) mass is 349 g/mol. The van der Waals surface area contributed by atoms with E-state index >= 15 is 0 Å². The van der Waals surface area contributed by atoms with Crippen LogP contribution in [0.15, 0.2) is 24.3 Å². The molecule has 1 aromatic rings. The topological polar surface area (TPSA) is 36.5 Å². The first-order chi connectivity index (χ1) is 11.5. The van der Waals surface area contributed by atoms with Crippen LogP contribution in [0.3, 0.4) is 0 Å². The predicted molar refractivity (Wildman–Crippen MR) is 106 cm³/mol. The van der Waals surface area contributed by atoms with Gasteiger partial charge in [-0.2, -0.15) is 0 Å². The number of likely N-dealkylation sites (tertiary alicyclic amines) is 1. The van der Waals surface area contributed by atoms with Crippen molar-refractivity contribution in [3.63, 3.8) is 0 Å². The summed E-state index contributed by atoms with van der Waals surface area (Å²) in [5.41, 5.74) is 0.954. The molecular weight excluding hydrogens is 318 g/mol. The molecular formula is C19H31N3OS. The molecule has 1 unspecified atom stereocenters. The molecule has 134 valence electrons. The lowest BCUT2D eigenvalue weighted by molar-refractivity contribution is 0.182. The van der Waals surface area contributed by atoms with Crippen LogP contribution in [0.2, 0.25) is 0 Å². The van der Waals surface area contributed by atoms with Crippen molar-refractivity contribution in [1.29, 1.82) is 0 Å². The number of benzene rings is 1. The highest BCUT2D eigenvalue weighted by atomic mass is 32.1. The van der Waals surface area contributed by atoms with Gasteiger partial charge in [0.25, 0.3) is 0 Å². The average molecular weight is 350 g/mol. The number of rotatable bonds is 7. The van der Waals surface area contributed by atoms with E-state index in [0.717, 1.165) is 36.9 Å². The van der Waals surface area contributed by atoms with Gasteiger partial charge in [0.15, 0.2) is 5.11 Å². The van der Waals surface area contributed by atoms with E-state index in [2.05, 4.69) is 22.5 Å². The molecule has 5 heteroatoms. The van der Waals surface area contributed by atoms with Crippen molar-refractivity contribution in [2.75, 3.05) is 31.5 Å². The highest BCUT2D eigenvalue weighted by Gasteiger charge is 2.15. The van der Waals surface area contributed by atoms with Gasteiger partial charge in [-0.05, 0) is 76.5 Å². The zero-order chi connectivity index (χ0) is 17.4. The molecule has 1 atom stereocenters. The number of anilines is 1. The third-order valence-corrected chi connectivity index (χ3v) is 4.39. The van der Waals surface area contributed by atoms with E-state index in [1.54, 1.807) is 0 Å². The quantitative estimate of drug-likeness (QED) is 0.577. The van der Waals surface area contributed by atoms with E-state index in [0.29, 0.717) is 5.11 Å². The van der Waals surface area contributed by atoms with Crippen LogP contribution in [0.5, 0.6) is 5.75 Å². The van der Waals surface area contributed by atoms with Crippen LogP contribution in [0.25, 0.3) is 0 Å². The molecule has 0 spiro atoms. The average Bonchev–Trinajstić information content (AvgIpc) is 2.51. The number of nitrogens with one attached hydrogen (secondary N) is 2. The van der Waals surface area contributed by atoms with Crippen LogP contribution < -0.4 is 15.4 Å². The summed E-state index contributed by atoms with van der Waals surface area (Å²) < 4.78 is 5.70. The lowest BCUT2D eigenvalue weighted by atomic mass is 10.0. The summed E-state index contributed by atoms with van der Waals surface area (Å²) in [6, 6.07) is 7.90. The molecule has 1 aliphatic heterocycles. The van der Waals surface area contributed by atoms with Crippen LogP contribution in [0.4, 0.5) is 5.69 Å². The Labute approximate surface area is 152 Å². The lowest BCUT2D eigenvalue weighted by Gasteiger charge is -2.30. The molecule has 1 heterocycles. The molecule has 0 aliphatic carbocycles. The molecule has 1 saturated heterocycles. The fourth-order valence-electron chi connectivity index (χ4n) is 3.09. The van der Waals surface area contributed by atoms with E-state index in [1.165, 1.54) is 25.9 Å². The summed E-state index contributed by atoms with van der Waals surface area (Å²) >= 11 is 5.38. The van der Waals surface area contributed by atoms with E-state index in [9.17, 15) is 0 Å². The fraction of sp³-hybridized carbons (Fsp3) is 0.632. The van der Waals surface area contributed by atoms with E-state index < -0.39 is 0 Å². The van der Waals surface area contributed by atoms with Gasteiger partial charge in [0.05, 0.1) is 6.10 Å². The van der Waals surface area contributed by atoms with Crippen LogP contribution >= 0.6 is 12.2 Å². The number of hydrogen-bond acceptors (Lipinski definition) is 3. The highest BCUT2D eigenvalue weighted by molar-refractivity contribution is 7.80. The fourth-order valence-corrected chi connectivity index (χ4v) is 3.31. The van der Waals surface area contributed by atoms with Crippen LogP contribution in [0, 0.1) is 5.92 Å². The first-order valence-electron chi connectivity index (χ1n) is 9.07. The number of thiocarbonyl (C=S) groups is 1. The molecule has 0 amide bonds. The second-order valence-electron chi connectivity index (χ2n) is 6.98. The van der Waals surface area contributed by atoms with Crippen molar-refractivity contribution in [3.8, 4) is 5.75 Å². The van der Waals surface area contributed by atoms with Crippen LogP contribution in [0.1, 0.15) is 40.0 Å². The van der Waals surface area contributed by atoms with Gasteiger partial charge in [-0.1, -0.05) is 13.0 Å². The SMILES string of the molecule is CC1CCCN(CCCNC(=S)Nc2cccc(OC(C)C)c2)C1. The molecule has 0 saturated carbocycles. The Morgan fingerprint density at radius 2 is 2.25 bits per heavy atom. The van der Waals surface area contributed by atoms with E-state index in [4.69, 9.17) is 17.0 Å². The zero-order valence-corrected chi connectivity index (χ0v) is 16.0. The maximum atomic E-state index is 5.70. The second kappa shape index (κ2) is 9.84. The van der Waals surface area contributed by atoms with Crippen molar-refractivity contribution < 1.29 is 4.74 Å². The molecule has 0 bridgehead atoms. The molecule has 2 N–H and O–H groups in total. The van der Waals surface area contributed by atoms with Crippen LogP contribution in [-0.4, -0.2) is 42.3 Å². The summed E-state index contributed by atoms with van der Waals surface area (Å²) in [7, 11) is 0. The summed E-state index contributed by atoms with van der Waals surface area (Å²) in [6.45, 7) is 10.9. The van der Waals surface area contributed by atoms with Gasteiger partial charge in [0.2, 0.25) is 0 Å². The van der Waals surface area contributed by atoms with Gasteiger partial charge in [-0.15, -0.1) is 0 Å². The van der Waals surface area contributed by atoms with E-state index in [1.807, 2.05) is 38.1 Å². The zero-order valence-electron chi connectivity index (χ0n) is 15.2. The van der Waals surface area contributed by atoms with Gasteiger partial charge in [-0.25, -0.2) is 0 Å². The van der Waals surface area contributed by atoms with Gasteiger partial charge < -0.3 is 20.3 Å². The third kappa shape index (κ3) is 7.05. The van der Waals surface area contributed by atoms with Crippen molar-refractivity contribution >= 4 is 23.0 Å². The smallest absolute Gasteiger partial charge is 0.170 e. The maximum Gasteiger partial charge on any atom is 0.170 e. The minimum absolute atomic E-state index is 0.169. The number of piperidine rings is 1. The Bertz CT molecular complexity index is 521. The van der Waals surface area contributed by atoms with Crippen molar-refractivity contribution in [3.05, 3.63) is 24.3 Å². The first kappa shape index (κ1) is 19.0. The van der Waals surface area contributed by atoms with Crippen molar-refractivity contribution in [2.45, 2.75) is 46.1 Å². The largest absolute Gasteiger partial charge is 0.491 e. The molecule has 0 radical (unpaired) electrons. The summed E-state index contributed by atoms with van der Waals surface area (Å²) in [4.78, 5) is 2.57. The molecule has 1 aliphatic rings. The molecule has 2 rings (SSSR count). The Kier molecular flexibility index (Phi) is 7.79. The van der Waals surface area contributed by atoms with Crippen LogP contribution in [-0.2, 0) is 0 Å². The molecule has 0 aromatic heterocycles. The lowest BCUT2D eigenvalue weighted by Crippen LogP contribution is -2.37. The number of ether oxygens (including phenoxy) is 1. The Balaban J connectivity index is 1.66. The Morgan fingerprint density at radius 1 is 1.42 bits per heavy atom. The maximum absolute atomic E-state index is 5.70. The normalized spacial score (nSPS) is 18.4. The molecule has 24 heavy (non-hydrogen) atoms. The van der Waals surface area contributed by atoms with Gasteiger partial charge in [0, 0.05) is 24.8 Å². The van der Waals surface area contributed by atoms with Gasteiger partial charge >= 0.3 is 0 Å². The molecule has 4 nitrogen and oxygen atoms in total. The second-order valence-corrected chi connectivity index (χ2v) is 7.39. The Hall–Kier alpha value is -1.33. The summed E-state index contributed by atoms with van der Waals surface area (Å²) in [5.74, 6) is 1.70.